The summed E-state index contributed by atoms with van der Waals surface area (Å²) < 4.78 is 4.70. The van der Waals surface area contributed by atoms with Crippen LogP contribution in [0.3, 0.4) is 0 Å². The van der Waals surface area contributed by atoms with Crippen LogP contribution >= 0.6 is 15.9 Å². The Labute approximate surface area is 103 Å². The van der Waals surface area contributed by atoms with Gasteiger partial charge in [0.1, 0.15) is 0 Å². The van der Waals surface area contributed by atoms with Gasteiger partial charge in [-0.1, -0.05) is 45.8 Å². The third-order valence-electron chi connectivity index (χ3n) is 2.76. The molecule has 1 aliphatic rings. The van der Waals surface area contributed by atoms with E-state index in [0.29, 0.717) is 6.42 Å². The maximum atomic E-state index is 11.3. The number of carbonyl (C=O) groups excluding carboxylic acids is 1. The Kier molecular flexibility index (Phi) is 3.15. The van der Waals surface area contributed by atoms with Gasteiger partial charge in [-0.25, -0.2) is 0 Å². The molecule has 1 aromatic carbocycles. The predicted octanol–water partition coefficient (Wildman–Crippen LogP) is 3.39. The quantitative estimate of drug-likeness (QED) is 0.613. The summed E-state index contributed by atoms with van der Waals surface area (Å²) in [5.74, 6) is -0.194. The van der Waals surface area contributed by atoms with Crippen molar-refractivity contribution in [3.05, 3.63) is 41.0 Å². The summed E-state index contributed by atoms with van der Waals surface area (Å²) in [6, 6.07) is 6.30. The molecule has 0 aliphatic heterocycles. The molecular formula is C13H13BrO2. The first-order valence-electron chi connectivity index (χ1n) is 5.14. The molecule has 0 heterocycles. The number of methoxy groups -OCH3 is 1. The molecule has 2 rings (SSSR count). The van der Waals surface area contributed by atoms with Crippen LogP contribution in [0.25, 0.3) is 5.57 Å². The molecule has 3 heteroatoms. The Balaban J connectivity index is 2.34. The van der Waals surface area contributed by atoms with Crippen LogP contribution in [0.2, 0.25) is 0 Å². The van der Waals surface area contributed by atoms with E-state index in [4.69, 9.17) is 4.74 Å². The maximum Gasteiger partial charge on any atom is 0.309 e. The van der Waals surface area contributed by atoms with Crippen LogP contribution < -0.4 is 0 Å². The number of benzene rings is 1. The van der Waals surface area contributed by atoms with Crippen molar-refractivity contribution >= 4 is 27.5 Å². The molecule has 0 saturated heterocycles. The van der Waals surface area contributed by atoms with Crippen molar-refractivity contribution in [3.63, 3.8) is 0 Å². The zero-order valence-electron chi connectivity index (χ0n) is 9.29. The molecule has 0 amide bonds. The second-order valence-corrected chi connectivity index (χ2v) is 4.92. The van der Waals surface area contributed by atoms with E-state index in [-0.39, 0.29) is 10.8 Å². The number of allylic oxidation sites excluding steroid dienone is 1. The van der Waals surface area contributed by atoms with Crippen molar-refractivity contribution in [1.82, 2.24) is 0 Å². The predicted molar refractivity (Wildman–Crippen MR) is 67.5 cm³/mol. The van der Waals surface area contributed by atoms with Gasteiger partial charge in [0, 0.05) is 0 Å². The van der Waals surface area contributed by atoms with Gasteiger partial charge in [0.2, 0.25) is 0 Å². The highest BCUT2D eigenvalue weighted by atomic mass is 79.9. The van der Waals surface area contributed by atoms with Crippen LogP contribution in [0.4, 0.5) is 0 Å². The Morgan fingerprint density at radius 2 is 2.25 bits per heavy atom. The molecule has 2 nitrogen and oxygen atoms in total. The second-order valence-electron chi connectivity index (χ2n) is 3.94. The Bertz CT molecular complexity index is 463. The van der Waals surface area contributed by atoms with Crippen molar-refractivity contribution in [1.29, 1.82) is 0 Å². The minimum atomic E-state index is -0.194. The highest BCUT2D eigenvalue weighted by Crippen LogP contribution is 2.41. The summed E-state index contributed by atoms with van der Waals surface area (Å²) >= 11 is 3.59. The third-order valence-corrected chi connectivity index (χ3v) is 3.52. The lowest BCUT2D eigenvalue weighted by Crippen LogP contribution is -2.00. The fourth-order valence-electron chi connectivity index (χ4n) is 1.93. The Morgan fingerprint density at radius 1 is 1.50 bits per heavy atom. The minimum absolute atomic E-state index is 0.194. The first-order valence-corrected chi connectivity index (χ1v) is 6.06. The van der Waals surface area contributed by atoms with Crippen LogP contribution in [-0.4, -0.2) is 13.1 Å². The summed E-state index contributed by atoms with van der Waals surface area (Å²) in [6.45, 7) is 2.05. The molecular weight excluding hydrogens is 268 g/mol. The smallest absolute Gasteiger partial charge is 0.309 e. The molecule has 0 radical (unpaired) electrons. The van der Waals surface area contributed by atoms with Crippen molar-refractivity contribution in [2.24, 2.45) is 0 Å². The molecule has 1 aliphatic carbocycles. The van der Waals surface area contributed by atoms with E-state index in [1.165, 1.54) is 18.2 Å². The first kappa shape index (κ1) is 11.4. The van der Waals surface area contributed by atoms with Crippen LogP contribution in [-0.2, 0) is 9.53 Å². The molecule has 1 aromatic rings. The van der Waals surface area contributed by atoms with E-state index in [2.05, 4.69) is 47.1 Å². The van der Waals surface area contributed by atoms with Gasteiger partial charge in [0.05, 0.1) is 18.4 Å². The molecule has 0 saturated carbocycles. The molecule has 0 aromatic heterocycles. The number of alkyl halides is 1. The lowest BCUT2D eigenvalue weighted by Gasteiger charge is -2.06. The Morgan fingerprint density at radius 3 is 2.94 bits per heavy atom. The molecule has 0 spiro atoms. The number of esters is 1. The summed E-state index contributed by atoms with van der Waals surface area (Å²) in [6.07, 6.45) is 2.41. The SMILES string of the molecule is COC(=O)CC1=CC(Br)c2ccc(C)cc21. The van der Waals surface area contributed by atoms with Gasteiger partial charge < -0.3 is 4.74 Å². The van der Waals surface area contributed by atoms with Gasteiger partial charge in [-0.3, -0.25) is 4.79 Å². The Hall–Kier alpha value is -1.09. The second kappa shape index (κ2) is 4.42. The van der Waals surface area contributed by atoms with Gasteiger partial charge in [0.25, 0.3) is 0 Å². The molecule has 16 heavy (non-hydrogen) atoms. The van der Waals surface area contributed by atoms with Gasteiger partial charge in [-0.2, -0.15) is 0 Å². The van der Waals surface area contributed by atoms with Crippen LogP contribution in [0.1, 0.15) is 27.9 Å². The topological polar surface area (TPSA) is 26.3 Å². The summed E-state index contributed by atoms with van der Waals surface area (Å²) in [7, 11) is 1.42. The number of rotatable bonds is 2. The zero-order chi connectivity index (χ0) is 11.7. The van der Waals surface area contributed by atoms with E-state index in [1.54, 1.807) is 0 Å². The van der Waals surface area contributed by atoms with E-state index in [9.17, 15) is 4.79 Å². The van der Waals surface area contributed by atoms with Gasteiger partial charge >= 0.3 is 5.97 Å². The van der Waals surface area contributed by atoms with Crippen molar-refractivity contribution < 1.29 is 9.53 Å². The fourth-order valence-corrected chi connectivity index (χ4v) is 2.65. The van der Waals surface area contributed by atoms with Crippen LogP contribution in [0, 0.1) is 6.92 Å². The molecule has 0 N–H and O–H groups in total. The number of halogens is 1. The maximum absolute atomic E-state index is 11.3. The molecule has 1 atom stereocenters. The normalized spacial score (nSPS) is 17.9. The average molecular weight is 281 g/mol. The molecule has 0 bridgehead atoms. The summed E-state index contributed by atoms with van der Waals surface area (Å²) in [5.41, 5.74) is 4.64. The van der Waals surface area contributed by atoms with E-state index < -0.39 is 0 Å². The largest absolute Gasteiger partial charge is 0.469 e. The summed E-state index contributed by atoms with van der Waals surface area (Å²) in [4.78, 5) is 11.5. The standard InChI is InChI=1S/C13H13BrO2/c1-8-3-4-10-11(5-8)9(6-12(10)14)7-13(15)16-2/h3-6,12H,7H2,1-2H3. The lowest BCUT2D eigenvalue weighted by atomic mass is 10.0. The average Bonchev–Trinajstić information content (AvgIpc) is 2.55. The summed E-state index contributed by atoms with van der Waals surface area (Å²) in [5, 5.41) is 0. The number of ether oxygens (including phenoxy) is 1. The van der Waals surface area contributed by atoms with Crippen molar-refractivity contribution in [2.75, 3.05) is 7.11 Å². The first-order chi connectivity index (χ1) is 7.61. The van der Waals surface area contributed by atoms with E-state index in [1.807, 2.05) is 0 Å². The zero-order valence-corrected chi connectivity index (χ0v) is 10.9. The molecule has 84 valence electrons. The monoisotopic (exact) mass is 280 g/mol. The molecule has 0 fully saturated rings. The molecule has 1 unspecified atom stereocenters. The number of aryl methyl sites for hydroxylation is 1. The number of hydrogen-bond acceptors (Lipinski definition) is 2. The number of hydrogen-bond donors (Lipinski definition) is 0. The van der Waals surface area contributed by atoms with Gasteiger partial charge in [-0.15, -0.1) is 0 Å². The fraction of sp³-hybridized carbons (Fsp3) is 0.308. The van der Waals surface area contributed by atoms with E-state index >= 15 is 0 Å². The van der Waals surface area contributed by atoms with Crippen LogP contribution in [0.15, 0.2) is 24.3 Å². The number of carbonyl (C=O) groups is 1. The van der Waals surface area contributed by atoms with Crippen molar-refractivity contribution in [2.45, 2.75) is 18.2 Å². The number of fused-ring (bicyclic) bond motifs is 1. The highest BCUT2D eigenvalue weighted by molar-refractivity contribution is 9.09. The third kappa shape index (κ3) is 2.05. The van der Waals surface area contributed by atoms with Gasteiger partial charge in [-0.05, 0) is 23.6 Å². The minimum Gasteiger partial charge on any atom is -0.469 e. The van der Waals surface area contributed by atoms with Crippen molar-refractivity contribution in [3.8, 4) is 0 Å². The van der Waals surface area contributed by atoms with Crippen LogP contribution in [0.5, 0.6) is 0 Å². The van der Waals surface area contributed by atoms with Gasteiger partial charge in [0.15, 0.2) is 0 Å². The van der Waals surface area contributed by atoms with E-state index in [0.717, 1.165) is 11.1 Å². The lowest BCUT2D eigenvalue weighted by molar-refractivity contribution is -0.139. The highest BCUT2D eigenvalue weighted by Gasteiger charge is 2.22.